The number of rotatable bonds is 4. The van der Waals surface area contributed by atoms with Gasteiger partial charge in [-0.2, -0.15) is 0 Å². The zero-order chi connectivity index (χ0) is 10.5. The average Bonchev–Trinajstić information content (AvgIpc) is 2.74. The minimum atomic E-state index is 0. The first-order valence-electron chi connectivity index (χ1n) is 4.85. The van der Waals surface area contributed by atoms with E-state index in [1.165, 1.54) is 10.4 Å². The van der Waals surface area contributed by atoms with Crippen molar-refractivity contribution < 1.29 is 5.11 Å². The van der Waals surface area contributed by atoms with Gasteiger partial charge in [0.15, 0.2) is 0 Å². The number of halogens is 1. The number of phenols is 1. The molecule has 2 nitrogen and oxygen atoms in total. The largest absolute Gasteiger partial charge is 0.508 e. The van der Waals surface area contributed by atoms with Gasteiger partial charge >= 0.3 is 0 Å². The monoisotopic (exact) mass is 255 g/mol. The molecule has 2 N–H and O–H groups in total. The Labute approximate surface area is 105 Å². The van der Waals surface area contributed by atoms with Crippen LogP contribution >= 0.6 is 23.7 Å². The van der Waals surface area contributed by atoms with Gasteiger partial charge in [-0.3, -0.25) is 0 Å². The van der Waals surface area contributed by atoms with Crippen LogP contribution in [-0.2, 0) is 13.1 Å². The van der Waals surface area contributed by atoms with E-state index in [1.54, 1.807) is 23.5 Å². The van der Waals surface area contributed by atoms with Gasteiger partial charge in [0.05, 0.1) is 0 Å². The molecule has 0 saturated heterocycles. The van der Waals surface area contributed by atoms with E-state index >= 15 is 0 Å². The quantitative estimate of drug-likeness (QED) is 0.880. The summed E-state index contributed by atoms with van der Waals surface area (Å²) < 4.78 is 0. The molecule has 2 aromatic rings. The lowest BCUT2D eigenvalue weighted by molar-refractivity contribution is 0.475. The molecule has 0 aliphatic heterocycles. The van der Waals surface area contributed by atoms with Crippen LogP contribution in [0.15, 0.2) is 41.8 Å². The number of thiophene rings is 1. The van der Waals surface area contributed by atoms with E-state index in [0.29, 0.717) is 5.75 Å². The van der Waals surface area contributed by atoms with Crippen LogP contribution in [0.3, 0.4) is 0 Å². The highest BCUT2D eigenvalue weighted by Crippen LogP contribution is 2.10. The van der Waals surface area contributed by atoms with E-state index in [1.807, 2.05) is 12.1 Å². The van der Waals surface area contributed by atoms with Crippen molar-refractivity contribution in [2.45, 2.75) is 13.1 Å². The Balaban J connectivity index is 0.00000128. The van der Waals surface area contributed by atoms with Gasteiger partial charge in [-0.25, -0.2) is 0 Å². The highest BCUT2D eigenvalue weighted by atomic mass is 35.5. The van der Waals surface area contributed by atoms with Gasteiger partial charge in [0.1, 0.15) is 5.75 Å². The third-order valence-electron chi connectivity index (χ3n) is 2.14. The van der Waals surface area contributed by atoms with Crippen molar-refractivity contribution in [2.24, 2.45) is 0 Å². The van der Waals surface area contributed by atoms with Gasteiger partial charge in [0, 0.05) is 18.0 Å². The van der Waals surface area contributed by atoms with Crippen LogP contribution in [0, 0.1) is 0 Å². The van der Waals surface area contributed by atoms with E-state index in [-0.39, 0.29) is 12.4 Å². The van der Waals surface area contributed by atoms with Crippen molar-refractivity contribution in [1.82, 2.24) is 5.32 Å². The fourth-order valence-corrected chi connectivity index (χ4v) is 2.03. The van der Waals surface area contributed by atoms with Crippen LogP contribution in [0.1, 0.15) is 10.4 Å². The predicted molar refractivity (Wildman–Crippen MR) is 70.2 cm³/mol. The molecule has 16 heavy (non-hydrogen) atoms. The molecule has 0 amide bonds. The number of aromatic hydroxyl groups is 1. The summed E-state index contributed by atoms with van der Waals surface area (Å²) in [4.78, 5) is 1.34. The van der Waals surface area contributed by atoms with E-state index in [4.69, 9.17) is 5.11 Å². The van der Waals surface area contributed by atoms with E-state index in [0.717, 1.165) is 13.1 Å². The number of hydrogen-bond acceptors (Lipinski definition) is 3. The van der Waals surface area contributed by atoms with Crippen LogP contribution in [0.4, 0.5) is 0 Å². The van der Waals surface area contributed by atoms with E-state index in [9.17, 15) is 0 Å². The maximum atomic E-state index is 9.11. The first-order chi connectivity index (χ1) is 7.34. The molecule has 0 fully saturated rings. The Morgan fingerprint density at radius 2 is 1.81 bits per heavy atom. The van der Waals surface area contributed by atoms with Gasteiger partial charge in [-0.15, -0.1) is 23.7 Å². The summed E-state index contributed by atoms with van der Waals surface area (Å²) in [6.07, 6.45) is 0. The Bertz CT molecular complexity index is 399. The van der Waals surface area contributed by atoms with Gasteiger partial charge in [-0.1, -0.05) is 18.2 Å². The molecular weight excluding hydrogens is 242 g/mol. The molecule has 86 valence electrons. The lowest BCUT2D eigenvalue weighted by atomic mass is 10.2. The first-order valence-corrected chi connectivity index (χ1v) is 5.73. The first kappa shape index (κ1) is 13.0. The molecule has 1 heterocycles. The molecular formula is C12H14ClNOS. The van der Waals surface area contributed by atoms with Gasteiger partial charge in [-0.05, 0) is 29.1 Å². The van der Waals surface area contributed by atoms with Crippen LogP contribution < -0.4 is 5.32 Å². The smallest absolute Gasteiger partial charge is 0.115 e. The molecule has 0 spiro atoms. The molecule has 4 heteroatoms. The topological polar surface area (TPSA) is 32.3 Å². The highest BCUT2D eigenvalue weighted by Gasteiger charge is 1.95. The molecule has 0 aliphatic rings. The zero-order valence-corrected chi connectivity index (χ0v) is 10.4. The van der Waals surface area contributed by atoms with Crippen LogP contribution in [0.25, 0.3) is 0 Å². The second-order valence-corrected chi connectivity index (χ2v) is 4.38. The highest BCUT2D eigenvalue weighted by molar-refractivity contribution is 7.09. The maximum Gasteiger partial charge on any atom is 0.115 e. The molecule has 1 aromatic heterocycles. The van der Waals surface area contributed by atoms with Crippen LogP contribution in [-0.4, -0.2) is 5.11 Å². The van der Waals surface area contributed by atoms with Crippen molar-refractivity contribution in [3.05, 3.63) is 52.2 Å². The molecule has 0 atom stereocenters. The standard InChI is InChI=1S/C12H13NOS.ClH/c14-11-5-3-10(4-6-11)8-13-9-12-2-1-7-15-12;/h1-7,13-14H,8-9H2;1H. The van der Waals surface area contributed by atoms with Crippen LogP contribution in [0.2, 0.25) is 0 Å². The van der Waals surface area contributed by atoms with Crippen molar-refractivity contribution in [3.63, 3.8) is 0 Å². The summed E-state index contributed by atoms with van der Waals surface area (Å²) >= 11 is 1.76. The summed E-state index contributed by atoms with van der Waals surface area (Å²) in [6.45, 7) is 1.73. The van der Waals surface area contributed by atoms with Crippen molar-refractivity contribution in [2.75, 3.05) is 0 Å². The zero-order valence-electron chi connectivity index (χ0n) is 8.72. The Hall–Kier alpha value is -1.03. The summed E-state index contributed by atoms with van der Waals surface area (Å²) in [6, 6.07) is 11.5. The minimum absolute atomic E-state index is 0. The lowest BCUT2D eigenvalue weighted by Crippen LogP contribution is -2.11. The summed E-state index contributed by atoms with van der Waals surface area (Å²) in [5.74, 6) is 0.317. The average molecular weight is 256 g/mol. The Morgan fingerprint density at radius 3 is 2.44 bits per heavy atom. The number of hydrogen-bond donors (Lipinski definition) is 2. The number of phenolic OH excluding ortho intramolecular Hbond substituents is 1. The third-order valence-corrected chi connectivity index (χ3v) is 3.02. The Morgan fingerprint density at radius 1 is 1.06 bits per heavy atom. The molecule has 1 aromatic carbocycles. The van der Waals surface area contributed by atoms with E-state index < -0.39 is 0 Å². The van der Waals surface area contributed by atoms with Gasteiger partial charge in [0.25, 0.3) is 0 Å². The van der Waals surface area contributed by atoms with E-state index in [2.05, 4.69) is 22.8 Å². The van der Waals surface area contributed by atoms with Crippen LogP contribution in [0.5, 0.6) is 5.75 Å². The predicted octanol–water partition coefficient (Wildman–Crippen LogP) is 3.17. The molecule has 2 rings (SSSR count). The fourth-order valence-electron chi connectivity index (χ4n) is 1.36. The molecule has 0 saturated carbocycles. The summed E-state index contributed by atoms with van der Waals surface area (Å²) in [7, 11) is 0. The lowest BCUT2D eigenvalue weighted by Gasteiger charge is -2.03. The van der Waals surface area contributed by atoms with Gasteiger partial charge < -0.3 is 10.4 Å². The fraction of sp³-hybridized carbons (Fsp3) is 0.167. The number of nitrogens with one attached hydrogen (secondary N) is 1. The van der Waals surface area contributed by atoms with Crippen molar-refractivity contribution in [3.8, 4) is 5.75 Å². The van der Waals surface area contributed by atoms with Crippen molar-refractivity contribution >= 4 is 23.7 Å². The van der Waals surface area contributed by atoms with Crippen molar-refractivity contribution in [1.29, 1.82) is 0 Å². The SMILES string of the molecule is Cl.Oc1ccc(CNCc2cccs2)cc1. The third kappa shape index (κ3) is 3.85. The molecule has 0 aliphatic carbocycles. The second-order valence-electron chi connectivity index (χ2n) is 3.35. The normalized spacial score (nSPS) is 9.75. The maximum absolute atomic E-state index is 9.11. The Kier molecular flexibility index (Phi) is 5.32. The minimum Gasteiger partial charge on any atom is -0.508 e. The molecule has 0 bridgehead atoms. The number of benzene rings is 1. The summed E-state index contributed by atoms with van der Waals surface area (Å²) in [5.41, 5.74) is 1.18. The summed E-state index contributed by atoms with van der Waals surface area (Å²) in [5, 5.41) is 14.5. The van der Waals surface area contributed by atoms with Gasteiger partial charge in [0.2, 0.25) is 0 Å². The molecule has 0 unspecified atom stereocenters. The molecule has 0 radical (unpaired) electrons. The second kappa shape index (κ2) is 6.53.